The van der Waals surface area contributed by atoms with Crippen molar-refractivity contribution >= 4 is 26.7 Å². The second kappa shape index (κ2) is 9.41. The molecule has 0 saturated heterocycles. The molecule has 0 aliphatic carbocycles. The van der Waals surface area contributed by atoms with E-state index in [9.17, 15) is 13.2 Å². The van der Waals surface area contributed by atoms with Crippen LogP contribution in [0.15, 0.2) is 77.7 Å². The fourth-order valence-corrected chi connectivity index (χ4v) is 4.63. The maximum absolute atomic E-state index is 13.0. The Morgan fingerprint density at radius 3 is 2.23 bits per heavy atom. The monoisotopic (exact) mass is 424 g/mol. The summed E-state index contributed by atoms with van der Waals surface area (Å²) in [6.45, 7) is 3.95. The third-order valence-electron chi connectivity index (χ3n) is 5.04. The summed E-state index contributed by atoms with van der Waals surface area (Å²) < 4.78 is 27.1. The maximum atomic E-state index is 13.0. The van der Waals surface area contributed by atoms with E-state index in [1.54, 1.807) is 18.2 Å². The lowest BCUT2D eigenvalue weighted by atomic mass is 9.97. The third-order valence-corrected chi connectivity index (χ3v) is 6.84. The van der Waals surface area contributed by atoms with Gasteiger partial charge in [-0.15, -0.1) is 0 Å². The second-order valence-electron chi connectivity index (χ2n) is 7.93. The molecule has 1 amide bonds. The number of likely N-dealkylation sites (N-methyl/N-ethyl adjacent to an activating group) is 1. The number of carbonyl (C=O) groups is 1. The minimum Gasteiger partial charge on any atom is -0.348 e. The molecule has 0 heterocycles. The fourth-order valence-electron chi connectivity index (χ4n) is 3.47. The minimum absolute atomic E-state index is 0.157. The van der Waals surface area contributed by atoms with E-state index in [1.807, 2.05) is 54.6 Å². The predicted molar refractivity (Wildman–Crippen MR) is 121 cm³/mol. The molecule has 5 nitrogen and oxygen atoms in total. The third kappa shape index (κ3) is 5.26. The number of hydrogen-bond acceptors (Lipinski definition) is 3. The number of amides is 1. The van der Waals surface area contributed by atoms with E-state index in [1.165, 1.54) is 7.05 Å². The first kappa shape index (κ1) is 22.0. The average molecular weight is 425 g/mol. The van der Waals surface area contributed by atoms with Crippen LogP contribution in [0.1, 0.15) is 31.9 Å². The lowest BCUT2D eigenvalue weighted by Crippen LogP contribution is -2.40. The standard InChI is InChI=1S/C24H28N2O3S/c1-18(2)15-23(20-10-5-4-6-11-20)25-24(27)17-26(3)30(28,29)22-14-13-19-9-7-8-12-21(19)16-22/h4-14,16,18,23H,15,17H2,1-3H3,(H,25,27)/t23-/m0/s1. The first-order valence-corrected chi connectivity index (χ1v) is 11.5. The van der Waals surface area contributed by atoms with Gasteiger partial charge in [-0.2, -0.15) is 4.31 Å². The van der Waals surface area contributed by atoms with E-state index in [0.29, 0.717) is 5.92 Å². The summed E-state index contributed by atoms with van der Waals surface area (Å²) in [5.74, 6) is 0.0611. The molecule has 0 unspecified atom stereocenters. The molecule has 30 heavy (non-hydrogen) atoms. The summed E-state index contributed by atoms with van der Waals surface area (Å²) in [4.78, 5) is 12.9. The quantitative estimate of drug-likeness (QED) is 0.584. The van der Waals surface area contributed by atoms with Gasteiger partial charge in [-0.3, -0.25) is 4.79 Å². The first-order chi connectivity index (χ1) is 14.3. The molecule has 0 aliphatic rings. The molecular weight excluding hydrogens is 396 g/mol. The van der Waals surface area contributed by atoms with Crippen molar-refractivity contribution in [1.82, 2.24) is 9.62 Å². The van der Waals surface area contributed by atoms with Gasteiger partial charge >= 0.3 is 0 Å². The molecule has 6 heteroatoms. The van der Waals surface area contributed by atoms with Crippen LogP contribution in [0.2, 0.25) is 0 Å². The maximum Gasteiger partial charge on any atom is 0.243 e. The van der Waals surface area contributed by atoms with E-state index in [4.69, 9.17) is 0 Å². The number of hydrogen-bond donors (Lipinski definition) is 1. The van der Waals surface area contributed by atoms with Gasteiger partial charge < -0.3 is 5.32 Å². The highest BCUT2D eigenvalue weighted by Gasteiger charge is 2.24. The SMILES string of the molecule is CC(C)C[C@H](NC(=O)CN(C)S(=O)(=O)c1ccc2ccccc2c1)c1ccccc1. The summed E-state index contributed by atoms with van der Waals surface area (Å²) in [7, 11) is -2.34. The van der Waals surface area contributed by atoms with Crippen molar-refractivity contribution < 1.29 is 13.2 Å². The van der Waals surface area contributed by atoms with E-state index < -0.39 is 10.0 Å². The van der Waals surface area contributed by atoms with Crippen molar-refractivity contribution in [3.8, 4) is 0 Å². The van der Waals surface area contributed by atoms with Crippen LogP contribution in [0.5, 0.6) is 0 Å². The van der Waals surface area contributed by atoms with Crippen molar-refractivity contribution in [2.75, 3.05) is 13.6 Å². The van der Waals surface area contributed by atoms with E-state index in [2.05, 4.69) is 19.2 Å². The molecule has 0 bridgehead atoms. The summed E-state index contributed by atoms with van der Waals surface area (Å²) >= 11 is 0. The molecule has 0 fully saturated rings. The van der Waals surface area contributed by atoms with Gasteiger partial charge in [-0.25, -0.2) is 8.42 Å². The van der Waals surface area contributed by atoms with Gasteiger partial charge in [-0.05, 0) is 40.8 Å². The van der Waals surface area contributed by atoms with Crippen LogP contribution in [-0.2, 0) is 14.8 Å². The Labute approximate surface area is 178 Å². The number of rotatable bonds is 8. The van der Waals surface area contributed by atoms with Gasteiger partial charge in [0.25, 0.3) is 0 Å². The number of nitrogens with one attached hydrogen (secondary N) is 1. The first-order valence-electron chi connectivity index (χ1n) is 10.1. The zero-order valence-electron chi connectivity index (χ0n) is 17.6. The van der Waals surface area contributed by atoms with Crippen LogP contribution < -0.4 is 5.32 Å². The van der Waals surface area contributed by atoms with Crippen molar-refractivity contribution in [3.05, 3.63) is 78.4 Å². The normalized spacial score (nSPS) is 13.0. The van der Waals surface area contributed by atoms with Crippen LogP contribution in [0.3, 0.4) is 0 Å². The lowest BCUT2D eigenvalue weighted by molar-refractivity contribution is -0.122. The number of carbonyl (C=O) groups excluding carboxylic acids is 1. The minimum atomic E-state index is -3.78. The Morgan fingerprint density at radius 1 is 0.933 bits per heavy atom. The lowest BCUT2D eigenvalue weighted by Gasteiger charge is -2.23. The fraction of sp³-hybridized carbons (Fsp3) is 0.292. The van der Waals surface area contributed by atoms with E-state index >= 15 is 0 Å². The van der Waals surface area contributed by atoms with Crippen LogP contribution in [-0.4, -0.2) is 32.2 Å². The molecule has 3 aromatic rings. The Kier molecular flexibility index (Phi) is 6.90. The number of benzene rings is 3. The van der Waals surface area contributed by atoms with Crippen LogP contribution in [0.25, 0.3) is 10.8 Å². The van der Waals surface area contributed by atoms with Crippen LogP contribution in [0, 0.1) is 5.92 Å². The van der Waals surface area contributed by atoms with Crippen LogP contribution >= 0.6 is 0 Å². The smallest absolute Gasteiger partial charge is 0.243 e. The molecule has 1 N–H and O–H groups in total. The van der Waals surface area contributed by atoms with Crippen LogP contribution in [0.4, 0.5) is 0 Å². The van der Waals surface area contributed by atoms with Gasteiger partial charge in [0, 0.05) is 7.05 Å². The number of fused-ring (bicyclic) bond motifs is 1. The molecule has 1 atom stereocenters. The molecule has 3 rings (SSSR count). The summed E-state index contributed by atoms with van der Waals surface area (Å²) in [6.07, 6.45) is 0.775. The molecule has 0 saturated carbocycles. The second-order valence-corrected chi connectivity index (χ2v) is 9.98. The zero-order chi connectivity index (χ0) is 21.7. The highest BCUT2D eigenvalue weighted by Crippen LogP contribution is 2.23. The predicted octanol–water partition coefficient (Wildman–Crippen LogP) is 4.36. The molecule has 158 valence electrons. The summed E-state index contributed by atoms with van der Waals surface area (Å²) in [5.41, 5.74) is 1.01. The van der Waals surface area contributed by atoms with Crippen molar-refractivity contribution in [2.45, 2.75) is 31.2 Å². The topological polar surface area (TPSA) is 66.5 Å². The Morgan fingerprint density at radius 2 is 1.57 bits per heavy atom. The van der Waals surface area contributed by atoms with Gasteiger partial charge in [0.05, 0.1) is 17.5 Å². The largest absolute Gasteiger partial charge is 0.348 e. The molecule has 0 spiro atoms. The highest BCUT2D eigenvalue weighted by molar-refractivity contribution is 7.89. The number of sulfonamides is 1. The summed E-state index contributed by atoms with van der Waals surface area (Å²) in [5, 5.41) is 4.82. The van der Waals surface area contributed by atoms with Gasteiger partial charge in [0.15, 0.2) is 0 Å². The van der Waals surface area contributed by atoms with Gasteiger partial charge in [0.2, 0.25) is 15.9 Å². The molecule has 0 radical (unpaired) electrons. The Hall–Kier alpha value is -2.70. The zero-order valence-corrected chi connectivity index (χ0v) is 18.4. The Bertz CT molecular complexity index is 1110. The average Bonchev–Trinajstić information content (AvgIpc) is 2.73. The molecular formula is C24H28N2O3S. The highest BCUT2D eigenvalue weighted by atomic mass is 32.2. The van der Waals surface area contributed by atoms with E-state index in [-0.39, 0.29) is 23.4 Å². The van der Waals surface area contributed by atoms with Crippen molar-refractivity contribution in [2.24, 2.45) is 5.92 Å². The van der Waals surface area contributed by atoms with Crippen molar-refractivity contribution in [3.63, 3.8) is 0 Å². The van der Waals surface area contributed by atoms with Gasteiger partial charge in [-0.1, -0.05) is 74.5 Å². The van der Waals surface area contributed by atoms with E-state index in [0.717, 1.165) is 27.1 Å². The number of nitrogens with zero attached hydrogens (tertiary/aromatic N) is 1. The van der Waals surface area contributed by atoms with Gasteiger partial charge in [0.1, 0.15) is 0 Å². The Balaban J connectivity index is 1.74. The van der Waals surface area contributed by atoms with Crippen molar-refractivity contribution in [1.29, 1.82) is 0 Å². The molecule has 0 aromatic heterocycles. The molecule has 0 aliphatic heterocycles. The summed E-state index contributed by atoms with van der Waals surface area (Å²) in [6, 6.07) is 22.2. The molecule has 3 aromatic carbocycles.